The van der Waals surface area contributed by atoms with E-state index in [1.54, 1.807) is 12.1 Å². The van der Waals surface area contributed by atoms with Crippen LogP contribution in [0.5, 0.6) is 0 Å². The van der Waals surface area contributed by atoms with Gasteiger partial charge in [0, 0.05) is 16.3 Å². The number of carbonyl (C=O) groups is 1. The molecule has 0 unspecified atom stereocenters. The molecule has 0 aliphatic rings. The van der Waals surface area contributed by atoms with Crippen LogP contribution in [-0.4, -0.2) is 15.5 Å². The van der Waals surface area contributed by atoms with E-state index in [4.69, 9.17) is 11.6 Å². The van der Waals surface area contributed by atoms with Crippen molar-refractivity contribution in [1.82, 2.24) is 9.59 Å². The van der Waals surface area contributed by atoms with Crippen LogP contribution in [0.2, 0.25) is 5.02 Å². The maximum atomic E-state index is 12.5. The first-order valence-electron chi connectivity index (χ1n) is 7.16. The zero-order valence-electron chi connectivity index (χ0n) is 12.4. The Balaban J connectivity index is 1.82. The molecular weight excluding hydrogens is 330 g/mol. The molecular formula is C17H14ClN3OS. The SMILES string of the molecule is CCc1ccc(NC(=O)c2snnc2-c2ccc(Cl)cc2)cc1. The molecule has 0 spiro atoms. The number of hydrogen-bond donors (Lipinski definition) is 1. The first-order chi connectivity index (χ1) is 11.2. The Bertz CT molecular complexity index is 813. The van der Waals surface area contributed by atoms with E-state index in [-0.39, 0.29) is 5.91 Å². The first kappa shape index (κ1) is 15.6. The van der Waals surface area contributed by atoms with Crippen LogP contribution >= 0.6 is 23.1 Å². The fraction of sp³-hybridized carbons (Fsp3) is 0.118. The second-order valence-electron chi connectivity index (χ2n) is 4.96. The Hall–Kier alpha value is -2.24. The summed E-state index contributed by atoms with van der Waals surface area (Å²) in [5.41, 5.74) is 3.36. The van der Waals surface area contributed by atoms with Crippen molar-refractivity contribution in [3.8, 4) is 11.3 Å². The molecule has 0 aliphatic carbocycles. The van der Waals surface area contributed by atoms with Crippen LogP contribution < -0.4 is 5.32 Å². The molecule has 6 heteroatoms. The molecule has 2 aromatic carbocycles. The molecule has 3 aromatic rings. The summed E-state index contributed by atoms with van der Waals surface area (Å²) in [5.74, 6) is -0.214. The quantitative estimate of drug-likeness (QED) is 0.748. The Kier molecular flexibility index (Phi) is 4.69. The van der Waals surface area contributed by atoms with Crippen molar-refractivity contribution < 1.29 is 4.79 Å². The van der Waals surface area contributed by atoms with Gasteiger partial charge in [-0.3, -0.25) is 4.79 Å². The zero-order valence-corrected chi connectivity index (χ0v) is 14.0. The Morgan fingerprint density at radius 1 is 1.13 bits per heavy atom. The highest BCUT2D eigenvalue weighted by atomic mass is 35.5. The largest absolute Gasteiger partial charge is 0.321 e. The maximum Gasteiger partial charge on any atom is 0.269 e. The van der Waals surface area contributed by atoms with Crippen LogP contribution in [0.3, 0.4) is 0 Å². The van der Waals surface area contributed by atoms with E-state index in [0.29, 0.717) is 15.6 Å². The van der Waals surface area contributed by atoms with Gasteiger partial charge < -0.3 is 5.32 Å². The van der Waals surface area contributed by atoms with E-state index in [2.05, 4.69) is 21.8 Å². The standard InChI is InChI=1S/C17H14ClN3OS/c1-2-11-3-9-14(10-4-11)19-17(22)16-15(20-21-23-16)12-5-7-13(18)8-6-12/h3-10H,2H2,1H3,(H,19,22). The molecule has 1 amide bonds. The Morgan fingerprint density at radius 3 is 2.48 bits per heavy atom. The molecule has 1 heterocycles. The topological polar surface area (TPSA) is 54.9 Å². The van der Waals surface area contributed by atoms with Gasteiger partial charge in [-0.25, -0.2) is 0 Å². The lowest BCUT2D eigenvalue weighted by Gasteiger charge is -2.06. The van der Waals surface area contributed by atoms with Crippen molar-refractivity contribution in [2.75, 3.05) is 5.32 Å². The number of amides is 1. The van der Waals surface area contributed by atoms with Crippen molar-refractivity contribution in [2.24, 2.45) is 0 Å². The van der Waals surface area contributed by atoms with E-state index in [1.165, 1.54) is 5.56 Å². The second kappa shape index (κ2) is 6.89. The molecule has 0 atom stereocenters. The number of anilines is 1. The number of aryl methyl sites for hydroxylation is 1. The number of nitrogens with zero attached hydrogens (tertiary/aromatic N) is 2. The summed E-state index contributed by atoms with van der Waals surface area (Å²) in [4.78, 5) is 13.0. The van der Waals surface area contributed by atoms with Crippen LogP contribution in [0.15, 0.2) is 48.5 Å². The first-order valence-corrected chi connectivity index (χ1v) is 8.31. The molecule has 0 fully saturated rings. The summed E-state index contributed by atoms with van der Waals surface area (Å²) < 4.78 is 3.91. The average molecular weight is 344 g/mol. The van der Waals surface area contributed by atoms with Crippen LogP contribution in [0, 0.1) is 0 Å². The number of nitrogens with one attached hydrogen (secondary N) is 1. The van der Waals surface area contributed by atoms with E-state index < -0.39 is 0 Å². The minimum absolute atomic E-state index is 0.214. The fourth-order valence-corrected chi connectivity index (χ4v) is 2.86. The number of benzene rings is 2. The number of hydrogen-bond acceptors (Lipinski definition) is 4. The van der Waals surface area contributed by atoms with Gasteiger partial charge in [-0.2, -0.15) is 0 Å². The van der Waals surface area contributed by atoms with Crippen molar-refractivity contribution >= 4 is 34.7 Å². The smallest absolute Gasteiger partial charge is 0.269 e. The highest BCUT2D eigenvalue weighted by Gasteiger charge is 2.18. The van der Waals surface area contributed by atoms with Gasteiger partial charge in [0.2, 0.25) is 0 Å². The average Bonchev–Trinajstić information content (AvgIpc) is 3.06. The minimum atomic E-state index is -0.214. The number of carbonyl (C=O) groups excluding carboxylic acids is 1. The second-order valence-corrected chi connectivity index (χ2v) is 6.15. The number of halogens is 1. The molecule has 0 bridgehead atoms. The van der Waals surface area contributed by atoms with E-state index >= 15 is 0 Å². The summed E-state index contributed by atoms with van der Waals surface area (Å²) >= 11 is 6.97. The molecule has 3 rings (SSSR count). The predicted octanol–water partition coefficient (Wildman–Crippen LogP) is 4.67. The highest BCUT2D eigenvalue weighted by molar-refractivity contribution is 7.08. The van der Waals surface area contributed by atoms with Crippen molar-refractivity contribution in [3.63, 3.8) is 0 Å². The van der Waals surface area contributed by atoms with Crippen molar-refractivity contribution in [2.45, 2.75) is 13.3 Å². The third-order valence-corrected chi connectivity index (χ3v) is 4.41. The molecule has 4 nitrogen and oxygen atoms in total. The van der Waals surface area contributed by atoms with Gasteiger partial charge in [-0.1, -0.05) is 47.3 Å². The van der Waals surface area contributed by atoms with Gasteiger partial charge in [-0.15, -0.1) is 5.10 Å². The van der Waals surface area contributed by atoms with Gasteiger partial charge in [0.15, 0.2) is 0 Å². The monoisotopic (exact) mass is 343 g/mol. The molecule has 1 N–H and O–H groups in total. The lowest BCUT2D eigenvalue weighted by molar-refractivity contribution is 0.103. The summed E-state index contributed by atoms with van der Waals surface area (Å²) in [6.07, 6.45) is 0.966. The Labute approximate surface area is 143 Å². The Morgan fingerprint density at radius 2 is 1.83 bits per heavy atom. The van der Waals surface area contributed by atoms with Crippen LogP contribution in [0.25, 0.3) is 11.3 Å². The predicted molar refractivity (Wildman–Crippen MR) is 94.1 cm³/mol. The molecule has 0 saturated heterocycles. The van der Waals surface area contributed by atoms with Gasteiger partial charge in [0.05, 0.1) is 0 Å². The third-order valence-electron chi connectivity index (χ3n) is 3.43. The minimum Gasteiger partial charge on any atom is -0.321 e. The van der Waals surface area contributed by atoms with Crippen LogP contribution in [0.4, 0.5) is 5.69 Å². The van der Waals surface area contributed by atoms with Gasteiger partial charge >= 0.3 is 0 Å². The molecule has 23 heavy (non-hydrogen) atoms. The molecule has 0 aliphatic heterocycles. The van der Waals surface area contributed by atoms with E-state index in [0.717, 1.165) is 29.2 Å². The lowest BCUT2D eigenvalue weighted by atomic mass is 10.1. The van der Waals surface area contributed by atoms with Crippen molar-refractivity contribution in [3.05, 3.63) is 64.0 Å². The van der Waals surface area contributed by atoms with Gasteiger partial charge in [-0.05, 0) is 47.8 Å². The maximum absolute atomic E-state index is 12.5. The summed E-state index contributed by atoms with van der Waals surface area (Å²) in [6, 6.07) is 15.0. The number of aromatic nitrogens is 2. The van der Waals surface area contributed by atoms with Gasteiger partial charge in [0.1, 0.15) is 10.6 Å². The third kappa shape index (κ3) is 3.57. The zero-order chi connectivity index (χ0) is 16.2. The van der Waals surface area contributed by atoms with E-state index in [9.17, 15) is 4.79 Å². The van der Waals surface area contributed by atoms with Crippen LogP contribution in [0.1, 0.15) is 22.2 Å². The van der Waals surface area contributed by atoms with Crippen molar-refractivity contribution in [1.29, 1.82) is 0 Å². The number of rotatable bonds is 4. The summed E-state index contributed by atoms with van der Waals surface area (Å²) in [6.45, 7) is 2.09. The summed E-state index contributed by atoms with van der Waals surface area (Å²) in [5, 5.41) is 7.59. The molecule has 1 aromatic heterocycles. The fourth-order valence-electron chi connectivity index (χ4n) is 2.15. The molecule has 0 radical (unpaired) electrons. The molecule has 0 saturated carbocycles. The normalized spacial score (nSPS) is 10.5. The van der Waals surface area contributed by atoms with E-state index in [1.807, 2.05) is 36.4 Å². The lowest BCUT2D eigenvalue weighted by Crippen LogP contribution is -2.11. The summed E-state index contributed by atoms with van der Waals surface area (Å²) in [7, 11) is 0. The van der Waals surface area contributed by atoms with Crippen LogP contribution in [-0.2, 0) is 6.42 Å². The van der Waals surface area contributed by atoms with Gasteiger partial charge in [0.25, 0.3) is 5.91 Å². The molecule has 116 valence electrons. The highest BCUT2D eigenvalue weighted by Crippen LogP contribution is 2.26.